The number of aromatic carboxylic acids is 1. The van der Waals surface area contributed by atoms with E-state index in [0.29, 0.717) is 5.02 Å². The van der Waals surface area contributed by atoms with Crippen LogP contribution in [0.4, 0.5) is 0 Å². The molecule has 114 valence electrons. The van der Waals surface area contributed by atoms with E-state index in [1.165, 1.54) is 6.07 Å². The average Bonchev–Trinajstić information content (AvgIpc) is 2.58. The van der Waals surface area contributed by atoms with Gasteiger partial charge in [-0.2, -0.15) is 0 Å². The number of carboxylic acid groups (broad SMARTS) is 1. The van der Waals surface area contributed by atoms with Gasteiger partial charge in [0.2, 0.25) is 0 Å². The lowest BCUT2D eigenvalue weighted by molar-refractivity contribution is 0.0690. The first kappa shape index (κ1) is 15.3. The van der Waals surface area contributed by atoms with Crippen LogP contribution in [0.3, 0.4) is 0 Å². The van der Waals surface area contributed by atoms with E-state index in [1.54, 1.807) is 6.20 Å². The van der Waals surface area contributed by atoms with Crippen molar-refractivity contribution in [2.75, 3.05) is 0 Å². The van der Waals surface area contributed by atoms with Crippen LogP contribution in [0.15, 0.2) is 72.9 Å². The summed E-state index contributed by atoms with van der Waals surface area (Å²) in [6, 6.07) is 21.0. The second-order valence-electron chi connectivity index (χ2n) is 5.18. The SMILES string of the molecule is O=C(O)c1ccc(C(c2ccccc2)c2ccc(Cl)cc2)cn1. The lowest BCUT2D eigenvalue weighted by Crippen LogP contribution is -2.06. The number of hydrogen-bond acceptors (Lipinski definition) is 2. The molecule has 1 atom stereocenters. The Bertz CT molecular complexity index is 799. The molecule has 0 aliphatic rings. The lowest BCUT2D eigenvalue weighted by Gasteiger charge is -2.18. The van der Waals surface area contributed by atoms with E-state index in [2.05, 4.69) is 4.98 Å². The molecule has 3 aromatic rings. The highest BCUT2D eigenvalue weighted by atomic mass is 35.5. The summed E-state index contributed by atoms with van der Waals surface area (Å²) in [6.07, 6.45) is 1.62. The predicted octanol–water partition coefficient (Wildman–Crippen LogP) is 4.61. The average molecular weight is 324 g/mol. The van der Waals surface area contributed by atoms with Crippen LogP contribution in [0, 0.1) is 0 Å². The zero-order valence-electron chi connectivity index (χ0n) is 12.2. The Labute approximate surface area is 139 Å². The van der Waals surface area contributed by atoms with Crippen LogP contribution in [0.2, 0.25) is 5.02 Å². The van der Waals surface area contributed by atoms with E-state index in [4.69, 9.17) is 16.7 Å². The Morgan fingerprint density at radius 3 is 2.04 bits per heavy atom. The van der Waals surface area contributed by atoms with E-state index < -0.39 is 5.97 Å². The predicted molar refractivity (Wildman–Crippen MR) is 90.0 cm³/mol. The van der Waals surface area contributed by atoms with Gasteiger partial charge in [0.15, 0.2) is 0 Å². The minimum Gasteiger partial charge on any atom is -0.477 e. The van der Waals surface area contributed by atoms with Crippen molar-refractivity contribution in [3.05, 3.63) is 100 Å². The standard InChI is InChI=1S/C19H14ClNO2/c20-16-9-6-14(7-10-16)18(13-4-2-1-3-5-13)15-8-11-17(19(22)23)21-12-15/h1-12,18H,(H,22,23). The van der Waals surface area contributed by atoms with Gasteiger partial charge in [-0.25, -0.2) is 9.78 Å². The van der Waals surface area contributed by atoms with Crippen molar-refractivity contribution >= 4 is 17.6 Å². The van der Waals surface area contributed by atoms with Crippen molar-refractivity contribution in [3.63, 3.8) is 0 Å². The Kier molecular flexibility index (Phi) is 4.40. The van der Waals surface area contributed by atoms with E-state index in [-0.39, 0.29) is 11.6 Å². The zero-order valence-corrected chi connectivity index (χ0v) is 12.9. The number of halogens is 1. The minimum absolute atomic E-state index is 0.0242. The highest BCUT2D eigenvalue weighted by Crippen LogP contribution is 2.32. The summed E-state index contributed by atoms with van der Waals surface area (Å²) in [7, 11) is 0. The Morgan fingerprint density at radius 1 is 0.870 bits per heavy atom. The number of aromatic nitrogens is 1. The summed E-state index contributed by atoms with van der Waals surface area (Å²) in [5, 5.41) is 9.68. The monoisotopic (exact) mass is 323 g/mol. The van der Waals surface area contributed by atoms with Crippen molar-refractivity contribution in [2.45, 2.75) is 5.92 Å². The molecule has 3 rings (SSSR count). The van der Waals surface area contributed by atoms with Crippen molar-refractivity contribution in [1.29, 1.82) is 0 Å². The molecule has 0 aliphatic carbocycles. The maximum Gasteiger partial charge on any atom is 0.354 e. The number of benzene rings is 2. The van der Waals surface area contributed by atoms with Gasteiger partial charge in [0, 0.05) is 17.1 Å². The number of pyridine rings is 1. The van der Waals surface area contributed by atoms with Crippen LogP contribution in [0.25, 0.3) is 0 Å². The fourth-order valence-corrected chi connectivity index (χ4v) is 2.71. The van der Waals surface area contributed by atoms with Gasteiger partial charge in [0.1, 0.15) is 5.69 Å². The van der Waals surface area contributed by atoms with Gasteiger partial charge < -0.3 is 5.11 Å². The molecule has 0 bridgehead atoms. The fourth-order valence-electron chi connectivity index (χ4n) is 2.58. The van der Waals surface area contributed by atoms with Crippen LogP contribution in [0.1, 0.15) is 33.1 Å². The molecule has 0 saturated heterocycles. The Hall–Kier alpha value is -2.65. The van der Waals surface area contributed by atoms with Crippen molar-refractivity contribution in [2.24, 2.45) is 0 Å². The second-order valence-corrected chi connectivity index (χ2v) is 5.61. The quantitative estimate of drug-likeness (QED) is 0.762. The van der Waals surface area contributed by atoms with Gasteiger partial charge in [-0.15, -0.1) is 0 Å². The molecular weight excluding hydrogens is 310 g/mol. The molecule has 3 nitrogen and oxygen atoms in total. The molecule has 0 fully saturated rings. The van der Waals surface area contributed by atoms with Gasteiger partial charge in [-0.3, -0.25) is 0 Å². The molecule has 1 unspecified atom stereocenters. The molecule has 1 aromatic heterocycles. The van der Waals surface area contributed by atoms with Crippen LogP contribution in [0.5, 0.6) is 0 Å². The minimum atomic E-state index is -1.03. The smallest absolute Gasteiger partial charge is 0.354 e. The van der Waals surface area contributed by atoms with Gasteiger partial charge >= 0.3 is 5.97 Å². The van der Waals surface area contributed by atoms with Crippen LogP contribution in [-0.4, -0.2) is 16.1 Å². The molecule has 0 saturated carbocycles. The Morgan fingerprint density at radius 2 is 1.48 bits per heavy atom. The molecule has 0 spiro atoms. The molecule has 0 amide bonds. The summed E-state index contributed by atoms with van der Waals surface area (Å²) < 4.78 is 0. The van der Waals surface area contributed by atoms with Gasteiger partial charge in [0.05, 0.1) is 0 Å². The topological polar surface area (TPSA) is 50.2 Å². The van der Waals surface area contributed by atoms with E-state index in [0.717, 1.165) is 16.7 Å². The van der Waals surface area contributed by atoms with Crippen molar-refractivity contribution in [3.8, 4) is 0 Å². The maximum absolute atomic E-state index is 11.0. The molecule has 1 N–H and O–H groups in total. The first-order valence-electron chi connectivity index (χ1n) is 7.15. The normalized spacial score (nSPS) is 11.9. The third kappa shape index (κ3) is 3.41. The number of carbonyl (C=O) groups is 1. The summed E-state index contributed by atoms with van der Waals surface area (Å²) >= 11 is 5.99. The number of nitrogens with zero attached hydrogens (tertiary/aromatic N) is 1. The molecule has 4 heteroatoms. The van der Waals surface area contributed by atoms with Gasteiger partial charge in [-0.1, -0.05) is 60.1 Å². The molecular formula is C19H14ClNO2. The summed E-state index contributed by atoms with van der Waals surface area (Å²) in [5.74, 6) is -1.05. The van der Waals surface area contributed by atoms with Crippen LogP contribution >= 0.6 is 11.6 Å². The first-order valence-corrected chi connectivity index (χ1v) is 7.52. The summed E-state index contributed by atoms with van der Waals surface area (Å²) in [6.45, 7) is 0. The lowest BCUT2D eigenvalue weighted by atomic mass is 9.86. The summed E-state index contributed by atoms with van der Waals surface area (Å²) in [4.78, 5) is 15.0. The van der Waals surface area contributed by atoms with Crippen LogP contribution in [-0.2, 0) is 0 Å². The van der Waals surface area contributed by atoms with Gasteiger partial charge in [-0.05, 0) is 34.9 Å². The molecule has 0 radical (unpaired) electrons. The van der Waals surface area contributed by atoms with Crippen LogP contribution < -0.4 is 0 Å². The third-order valence-electron chi connectivity index (χ3n) is 3.68. The third-order valence-corrected chi connectivity index (χ3v) is 3.93. The van der Waals surface area contributed by atoms with E-state index in [1.807, 2.05) is 60.7 Å². The van der Waals surface area contributed by atoms with Crippen molar-refractivity contribution in [1.82, 2.24) is 4.98 Å². The summed E-state index contributed by atoms with van der Waals surface area (Å²) in [5.41, 5.74) is 3.16. The van der Waals surface area contributed by atoms with Crippen molar-refractivity contribution < 1.29 is 9.90 Å². The maximum atomic E-state index is 11.0. The highest BCUT2D eigenvalue weighted by molar-refractivity contribution is 6.30. The first-order chi connectivity index (χ1) is 11.1. The van der Waals surface area contributed by atoms with E-state index in [9.17, 15) is 4.79 Å². The number of carboxylic acids is 1. The number of hydrogen-bond donors (Lipinski definition) is 1. The van der Waals surface area contributed by atoms with E-state index >= 15 is 0 Å². The molecule has 2 aromatic carbocycles. The molecule has 23 heavy (non-hydrogen) atoms. The second kappa shape index (κ2) is 6.63. The number of rotatable bonds is 4. The zero-order chi connectivity index (χ0) is 16.2. The fraction of sp³-hybridized carbons (Fsp3) is 0.0526. The molecule has 0 aliphatic heterocycles. The molecule has 1 heterocycles. The Balaban J connectivity index is 2.08. The van der Waals surface area contributed by atoms with Gasteiger partial charge in [0.25, 0.3) is 0 Å². The largest absolute Gasteiger partial charge is 0.477 e. The highest BCUT2D eigenvalue weighted by Gasteiger charge is 2.17.